The summed E-state index contributed by atoms with van der Waals surface area (Å²) in [6.45, 7) is 4.49. The molecule has 0 spiro atoms. The van der Waals surface area contributed by atoms with Crippen molar-refractivity contribution in [1.29, 1.82) is 0 Å². The highest BCUT2D eigenvalue weighted by Crippen LogP contribution is 2.37. The lowest BCUT2D eigenvalue weighted by Crippen LogP contribution is -2.30. The number of hydrogen-bond donors (Lipinski definition) is 0. The Labute approximate surface area is 144 Å². The molecular weight excluding hydrogens is 322 g/mol. The Hall–Kier alpha value is -1.85. The summed E-state index contributed by atoms with van der Waals surface area (Å²) in [6.07, 6.45) is 1.72. The summed E-state index contributed by atoms with van der Waals surface area (Å²) in [5.74, 6) is 0.778. The number of ether oxygens (including phenoxy) is 1. The van der Waals surface area contributed by atoms with Gasteiger partial charge in [-0.05, 0) is 67.6 Å². The molecule has 128 valence electrons. The van der Waals surface area contributed by atoms with Crippen molar-refractivity contribution < 1.29 is 13.2 Å². The molecule has 1 heterocycles. The molecule has 1 unspecified atom stereocenters. The van der Waals surface area contributed by atoms with Crippen molar-refractivity contribution in [2.24, 2.45) is 0 Å². The van der Waals surface area contributed by atoms with Gasteiger partial charge in [0.1, 0.15) is 5.75 Å². The van der Waals surface area contributed by atoms with E-state index in [0.717, 1.165) is 35.3 Å². The molecule has 4 nitrogen and oxygen atoms in total. The number of methoxy groups -OCH3 is 1. The van der Waals surface area contributed by atoms with Crippen LogP contribution in [0.1, 0.15) is 35.6 Å². The van der Waals surface area contributed by atoms with Gasteiger partial charge in [-0.1, -0.05) is 18.2 Å². The van der Waals surface area contributed by atoms with Crippen molar-refractivity contribution in [2.75, 3.05) is 13.7 Å². The van der Waals surface area contributed by atoms with E-state index in [1.54, 1.807) is 23.5 Å². The predicted molar refractivity (Wildman–Crippen MR) is 94.8 cm³/mol. The quantitative estimate of drug-likeness (QED) is 0.846. The zero-order valence-electron chi connectivity index (χ0n) is 14.3. The van der Waals surface area contributed by atoms with Crippen molar-refractivity contribution in [3.63, 3.8) is 0 Å². The lowest BCUT2D eigenvalue weighted by atomic mass is 10.1. The molecule has 3 rings (SSSR count). The first kappa shape index (κ1) is 17.0. The molecule has 1 fully saturated rings. The zero-order chi connectivity index (χ0) is 17.3. The Kier molecular flexibility index (Phi) is 4.65. The summed E-state index contributed by atoms with van der Waals surface area (Å²) >= 11 is 0. The van der Waals surface area contributed by atoms with Gasteiger partial charge in [0.15, 0.2) is 0 Å². The number of benzene rings is 2. The summed E-state index contributed by atoms with van der Waals surface area (Å²) in [5.41, 5.74) is 3.11. The average molecular weight is 345 g/mol. The molecule has 1 aliphatic rings. The lowest BCUT2D eigenvalue weighted by Gasteiger charge is -2.25. The van der Waals surface area contributed by atoms with E-state index in [4.69, 9.17) is 4.74 Å². The second kappa shape index (κ2) is 6.57. The van der Waals surface area contributed by atoms with Crippen LogP contribution in [0.5, 0.6) is 5.75 Å². The van der Waals surface area contributed by atoms with Gasteiger partial charge in [0.25, 0.3) is 0 Å². The van der Waals surface area contributed by atoms with Crippen molar-refractivity contribution >= 4 is 10.0 Å². The molecule has 1 saturated heterocycles. The molecule has 1 aliphatic heterocycles. The van der Waals surface area contributed by atoms with Crippen molar-refractivity contribution in [3.8, 4) is 5.75 Å². The summed E-state index contributed by atoms with van der Waals surface area (Å²) in [5, 5.41) is 0. The van der Waals surface area contributed by atoms with E-state index in [-0.39, 0.29) is 6.04 Å². The van der Waals surface area contributed by atoms with Crippen molar-refractivity contribution in [3.05, 3.63) is 59.2 Å². The maximum atomic E-state index is 13.1. The number of nitrogens with zero attached hydrogens (tertiary/aromatic N) is 1. The SMILES string of the molecule is COc1ccc(C2CCCN2S(=O)(=O)c2ccc(C)c(C)c2)cc1. The van der Waals surface area contributed by atoms with Gasteiger partial charge in [-0.2, -0.15) is 4.31 Å². The molecule has 0 N–H and O–H groups in total. The van der Waals surface area contributed by atoms with Crippen LogP contribution in [0.4, 0.5) is 0 Å². The van der Waals surface area contributed by atoms with Crippen LogP contribution < -0.4 is 4.74 Å². The van der Waals surface area contributed by atoms with Crippen LogP contribution in [0, 0.1) is 13.8 Å². The maximum Gasteiger partial charge on any atom is 0.243 e. The fraction of sp³-hybridized carbons (Fsp3) is 0.368. The minimum absolute atomic E-state index is 0.109. The van der Waals surface area contributed by atoms with Gasteiger partial charge >= 0.3 is 0 Å². The normalized spacial score (nSPS) is 18.7. The molecule has 0 amide bonds. The fourth-order valence-corrected chi connectivity index (χ4v) is 4.96. The van der Waals surface area contributed by atoms with Crippen LogP contribution in [0.15, 0.2) is 47.4 Å². The molecular formula is C19H23NO3S. The first-order valence-electron chi connectivity index (χ1n) is 8.16. The third-order valence-electron chi connectivity index (χ3n) is 4.79. The molecule has 0 bridgehead atoms. The van der Waals surface area contributed by atoms with E-state index in [2.05, 4.69) is 0 Å². The van der Waals surface area contributed by atoms with Crippen molar-refractivity contribution in [2.45, 2.75) is 37.6 Å². The monoisotopic (exact) mass is 345 g/mol. The molecule has 1 atom stereocenters. The van der Waals surface area contributed by atoms with Gasteiger partial charge in [-0.25, -0.2) is 8.42 Å². The van der Waals surface area contributed by atoms with E-state index in [1.165, 1.54) is 0 Å². The Bertz CT molecular complexity index is 828. The molecule has 5 heteroatoms. The minimum Gasteiger partial charge on any atom is -0.497 e. The number of hydrogen-bond acceptors (Lipinski definition) is 3. The largest absolute Gasteiger partial charge is 0.497 e. The van der Waals surface area contributed by atoms with Crippen LogP contribution >= 0.6 is 0 Å². The number of sulfonamides is 1. The number of aryl methyl sites for hydroxylation is 2. The summed E-state index contributed by atoms with van der Waals surface area (Å²) < 4.78 is 33.0. The van der Waals surface area contributed by atoms with Gasteiger partial charge in [0.05, 0.1) is 18.0 Å². The standard InChI is InChI=1S/C19H23NO3S/c1-14-6-11-18(13-15(14)2)24(21,22)20-12-4-5-19(20)16-7-9-17(23-3)10-8-16/h6-11,13,19H,4-5,12H2,1-3H3. The van der Waals surface area contributed by atoms with E-state index in [0.29, 0.717) is 11.4 Å². The number of rotatable bonds is 4. The highest BCUT2D eigenvalue weighted by molar-refractivity contribution is 7.89. The zero-order valence-corrected chi connectivity index (χ0v) is 15.1. The predicted octanol–water partition coefficient (Wildman–Crippen LogP) is 3.84. The van der Waals surface area contributed by atoms with Gasteiger partial charge in [0.2, 0.25) is 10.0 Å². The van der Waals surface area contributed by atoms with Crippen molar-refractivity contribution in [1.82, 2.24) is 4.31 Å². The molecule has 0 radical (unpaired) electrons. The smallest absolute Gasteiger partial charge is 0.243 e. The van der Waals surface area contributed by atoms with E-state index >= 15 is 0 Å². The molecule has 2 aromatic carbocycles. The molecule has 0 saturated carbocycles. The van der Waals surface area contributed by atoms with Crippen LogP contribution in [0.2, 0.25) is 0 Å². The second-order valence-electron chi connectivity index (χ2n) is 6.29. The summed E-state index contributed by atoms with van der Waals surface area (Å²) in [4.78, 5) is 0.381. The van der Waals surface area contributed by atoms with Gasteiger partial charge in [-0.15, -0.1) is 0 Å². The Morgan fingerprint density at radius 1 is 1.04 bits per heavy atom. The lowest BCUT2D eigenvalue weighted by molar-refractivity contribution is 0.394. The summed E-state index contributed by atoms with van der Waals surface area (Å²) in [7, 11) is -1.86. The molecule has 24 heavy (non-hydrogen) atoms. The first-order chi connectivity index (χ1) is 11.4. The highest BCUT2D eigenvalue weighted by Gasteiger charge is 2.36. The molecule has 0 aromatic heterocycles. The second-order valence-corrected chi connectivity index (χ2v) is 8.18. The molecule has 0 aliphatic carbocycles. The van der Waals surface area contributed by atoms with Crippen LogP contribution in [-0.4, -0.2) is 26.4 Å². The third-order valence-corrected chi connectivity index (χ3v) is 6.69. The fourth-order valence-electron chi connectivity index (χ4n) is 3.20. The van der Waals surface area contributed by atoms with Crippen LogP contribution in [0.3, 0.4) is 0 Å². The van der Waals surface area contributed by atoms with Gasteiger partial charge < -0.3 is 4.74 Å². The van der Waals surface area contributed by atoms with Crippen LogP contribution in [0.25, 0.3) is 0 Å². The van der Waals surface area contributed by atoms with Gasteiger partial charge in [0, 0.05) is 6.54 Å². The third kappa shape index (κ3) is 3.06. The van der Waals surface area contributed by atoms with E-state index in [1.807, 2.05) is 44.2 Å². The maximum absolute atomic E-state index is 13.1. The highest BCUT2D eigenvalue weighted by atomic mass is 32.2. The molecule has 2 aromatic rings. The summed E-state index contributed by atoms with van der Waals surface area (Å²) in [6, 6.07) is 12.9. The Balaban J connectivity index is 1.94. The van der Waals surface area contributed by atoms with Gasteiger partial charge in [-0.3, -0.25) is 0 Å². The average Bonchev–Trinajstić information content (AvgIpc) is 3.08. The Morgan fingerprint density at radius 3 is 2.38 bits per heavy atom. The minimum atomic E-state index is -3.49. The first-order valence-corrected chi connectivity index (χ1v) is 9.60. The van der Waals surface area contributed by atoms with Crippen LogP contribution in [-0.2, 0) is 10.0 Å². The Morgan fingerprint density at radius 2 is 1.75 bits per heavy atom. The van der Waals surface area contributed by atoms with E-state index in [9.17, 15) is 8.42 Å². The topological polar surface area (TPSA) is 46.6 Å². The van der Waals surface area contributed by atoms with E-state index < -0.39 is 10.0 Å².